The highest BCUT2D eigenvalue weighted by Gasteiger charge is 2.30. The number of alkyl carbamates (subject to hydrolysis) is 1. The van der Waals surface area contributed by atoms with Crippen LogP contribution in [-0.2, 0) is 19.0 Å². The second-order valence-corrected chi connectivity index (χ2v) is 7.38. The molecule has 162 valence electrons. The molecule has 0 bridgehead atoms. The molecule has 0 spiro atoms. The number of carboxylic acid groups (broad SMARTS) is 1. The number of carboxylic acids is 1. The molecule has 10 nitrogen and oxygen atoms in total. The lowest BCUT2D eigenvalue weighted by Crippen LogP contribution is -2.49. The Balaban J connectivity index is 1.79. The standard InChI is InChI=1S/C19H28N2O8/c1-12-9-16(21(25)26)4-3-15(12)11-29-19(24)20-17(18(22)23)13(2)28-10-14-5-7-27-8-6-14/h3-4,9,12-15,17H,5-8,10-11H2,1-2H3,(H,20,24)(H,22,23)/t12?,13-,15?,17+/m1/s1. The van der Waals surface area contributed by atoms with Crippen LogP contribution >= 0.6 is 0 Å². The molecule has 0 radical (unpaired) electrons. The number of nitrogens with zero attached hydrogens (tertiary/aromatic N) is 1. The highest BCUT2D eigenvalue weighted by molar-refractivity contribution is 5.80. The number of hydrogen-bond acceptors (Lipinski definition) is 7. The Morgan fingerprint density at radius 3 is 2.66 bits per heavy atom. The average Bonchev–Trinajstić information content (AvgIpc) is 2.69. The quantitative estimate of drug-likeness (QED) is 0.433. The van der Waals surface area contributed by atoms with Crippen molar-refractivity contribution in [1.29, 1.82) is 0 Å². The first-order valence-electron chi connectivity index (χ1n) is 9.67. The maximum absolute atomic E-state index is 12.1. The Labute approximate surface area is 169 Å². The zero-order valence-electron chi connectivity index (χ0n) is 16.6. The average molecular weight is 412 g/mol. The van der Waals surface area contributed by atoms with Crippen LogP contribution in [0.4, 0.5) is 4.79 Å². The van der Waals surface area contributed by atoms with Crippen LogP contribution < -0.4 is 5.32 Å². The van der Waals surface area contributed by atoms with Crippen LogP contribution in [-0.4, -0.2) is 60.7 Å². The number of carbonyl (C=O) groups excluding carboxylic acids is 1. The molecular formula is C19H28N2O8. The van der Waals surface area contributed by atoms with Crippen molar-refractivity contribution in [3.63, 3.8) is 0 Å². The molecule has 2 N–H and O–H groups in total. The van der Waals surface area contributed by atoms with E-state index in [1.54, 1.807) is 19.9 Å². The van der Waals surface area contributed by atoms with Gasteiger partial charge in [-0.15, -0.1) is 0 Å². The van der Waals surface area contributed by atoms with Crippen molar-refractivity contribution in [2.75, 3.05) is 26.4 Å². The summed E-state index contributed by atoms with van der Waals surface area (Å²) in [6.07, 6.45) is 4.60. The molecule has 4 atom stereocenters. The van der Waals surface area contributed by atoms with E-state index in [0.717, 1.165) is 12.8 Å². The van der Waals surface area contributed by atoms with Crippen molar-refractivity contribution < 1.29 is 33.8 Å². The van der Waals surface area contributed by atoms with Crippen molar-refractivity contribution in [3.05, 3.63) is 34.0 Å². The summed E-state index contributed by atoms with van der Waals surface area (Å²) in [5.74, 6) is -1.32. The first kappa shape index (κ1) is 22.8. The van der Waals surface area contributed by atoms with Crippen molar-refractivity contribution in [2.45, 2.75) is 38.8 Å². The fourth-order valence-electron chi connectivity index (χ4n) is 3.19. The number of rotatable bonds is 9. The number of carbonyl (C=O) groups is 2. The van der Waals surface area contributed by atoms with Gasteiger partial charge >= 0.3 is 12.1 Å². The van der Waals surface area contributed by atoms with Gasteiger partial charge in [-0.1, -0.05) is 13.0 Å². The minimum absolute atomic E-state index is 0.000329. The van der Waals surface area contributed by atoms with Crippen LogP contribution in [0.2, 0.25) is 0 Å². The van der Waals surface area contributed by atoms with Gasteiger partial charge in [0.1, 0.15) is 6.61 Å². The predicted molar refractivity (Wildman–Crippen MR) is 102 cm³/mol. The third kappa shape index (κ3) is 7.13. The van der Waals surface area contributed by atoms with E-state index in [2.05, 4.69) is 5.32 Å². The summed E-state index contributed by atoms with van der Waals surface area (Å²) in [5, 5.41) is 22.5. The van der Waals surface area contributed by atoms with Crippen molar-refractivity contribution in [2.24, 2.45) is 17.8 Å². The molecule has 1 saturated heterocycles. The molecule has 10 heteroatoms. The molecule has 1 heterocycles. The molecule has 1 aliphatic carbocycles. The van der Waals surface area contributed by atoms with Crippen LogP contribution in [0, 0.1) is 27.9 Å². The molecule has 0 aromatic heterocycles. The highest BCUT2D eigenvalue weighted by Crippen LogP contribution is 2.23. The molecule has 29 heavy (non-hydrogen) atoms. The van der Waals surface area contributed by atoms with E-state index < -0.39 is 29.1 Å². The Hall–Kier alpha value is -2.46. The minimum atomic E-state index is -1.25. The number of nitro groups is 1. The van der Waals surface area contributed by atoms with Crippen LogP contribution in [0.15, 0.2) is 23.9 Å². The van der Waals surface area contributed by atoms with E-state index in [9.17, 15) is 24.8 Å². The fraction of sp³-hybridized carbons (Fsp3) is 0.684. The first-order valence-corrected chi connectivity index (χ1v) is 9.67. The lowest BCUT2D eigenvalue weighted by molar-refractivity contribution is -0.419. The van der Waals surface area contributed by atoms with Gasteiger partial charge in [-0.2, -0.15) is 0 Å². The Kier molecular flexibility index (Phi) is 8.59. The van der Waals surface area contributed by atoms with Gasteiger partial charge in [0, 0.05) is 25.2 Å². The summed E-state index contributed by atoms with van der Waals surface area (Å²) >= 11 is 0. The summed E-state index contributed by atoms with van der Waals surface area (Å²) in [5.41, 5.74) is -0.000329. The number of hydrogen-bond donors (Lipinski definition) is 2. The van der Waals surface area contributed by atoms with Gasteiger partial charge in [-0.25, -0.2) is 9.59 Å². The number of nitrogens with one attached hydrogen (secondary N) is 1. The Morgan fingerprint density at radius 2 is 2.07 bits per heavy atom. The van der Waals surface area contributed by atoms with Crippen molar-refractivity contribution >= 4 is 12.1 Å². The molecule has 1 fully saturated rings. The van der Waals surface area contributed by atoms with E-state index in [1.165, 1.54) is 12.2 Å². The molecule has 0 aromatic rings. The van der Waals surface area contributed by atoms with Crippen molar-refractivity contribution in [3.8, 4) is 0 Å². The van der Waals surface area contributed by atoms with Gasteiger partial charge in [0.15, 0.2) is 6.04 Å². The van der Waals surface area contributed by atoms with E-state index in [0.29, 0.717) is 25.7 Å². The second-order valence-electron chi connectivity index (χ2n) is 7.38. The highest BCUT2D eigenvalue weighted by atomic mass is 16.6. The zero-order chi connectivity index (χ0) is 21.4. The molecular weight excluding hydrogens is 384 g/mol. The van der Waals surface area contributed by atoms with Gasteiger partial charge in [0.25, 0.3) is 5.70 Å². The van der Waals surface area contributed by atoms with Gasteiger partial charge in [0.2, 0.25) is 0 Å². The van der Waals surface area contributed by atoms with Gasteiger partial charge in [0.05, 0.1) is 17.6 Å². The molecule has 2 rings (SSSR count). The Bertz CT molecular complexity index is 657. The molecule has 0 aromatic carbocycles. The summed E-state index contributed by atoms with van der Waals surface area (Å²) < 4.78 is 16.1. The van der Waals surface area contributed by atoms with Crippen LogP contribution in [0.25, 0.3) is 0 Å². The molecule has 2 unspecified atom stereocenters. The van der Waals surface area contributed by atoms with Gasteiger partial charge in [-0.3, -0.25) is 10.1 Å². The summed E-state index contributed by atoms with van der Waals surface area (Å²) in [7, 11) is 0. The number of amides is 1. The van der Waals surface area contributed by atoms with Crippen LogP contribution in [0.5, 0.6) is 0 Å². The van der Waals surface area contributed by atoms with Crippen LogP contribution in [0.3, 0.4) is 0 Å². The number of aliphatic carboxylic acids is 1. The largest absolute Gasteiger partial charge is 0.480 e. The van der Waals surface area contributed by atoms with Crippen molar-refractivity contribution in [1.82, 2.24) is 5.32 Å². The topological polar surface area (TPSA) is 137 Å². The maximum atomic E-state index is 12.1. The molecule has 1 amide bonds. The molecule has 2 aliphatic rings. The normalized spacial score (nSPS) is 24.3. The molecule has 1 aliphatic heterocycles. The molecule has 0 saturated carbocycles. The monoisotopic (exact) mass is 412 g/mol. The minimum Gasteiger partial charge on any atom is -0.480 e. The Morgan fingerprint density at radius 1 is 1.38 bits per heavy atom. The lowest BCUT2D eigenvalue weighted by Gasteiger charge is -2.26. The first-order chi connectivity index (χ1) is 13.8. The second kappa shape index (κ2) is 10.9. The van der Waals surface area contributed by atoms with E-state index in [-0.39, 0.29) is 24.1 Å². The smallest absolute Gasteiger partial charge is 0.407 e. The van der Waals surface area contributed by atoms with E-state index in [4.69, 9.17) is 14.2 Å². The maximum Gasteiger partial charge on any atom is 0.407 e. The third-order valence-corrected chi connectivity index (χ3v) is 5.19. The van der Waals surface area contributed by atoms with E-state index in [1.807, 2.05) is 0 Å². The predicted octanol–water partition coefficient (Wildman–Crippen LogP) is 1.98. The van der Waals surface area contributed by atoms with Crippen LogP contribution in [0.1, 0.15) is 26.7 Å². The zero-order valence-corrected chi connectivity index (χ0v) is 16.6. The summed E-state index contributed by atoms with van der Waals surface area (Å²) in [6.45, 7) is 5.10. The summed E-state index contributed by atoms with van der Waals surface area (Å²) in [6, 6.07) is -1.25. The van der Waals surface area contributed by atoms with E-state index >= 15 is 0 Å². The fourth-order valence-corrected chi connectivity index (χ4v) is 3.19. The summed E-state index contributed by atoms with van der Waals surface area (Å²) in [4.78, 5) is 33.9. The lowest BCUT2D eigenvalue weighted by atomic mass is 9.90. The van der Waals surface area contributed by atoms with Gasteiger partial charge < -0.3 is 24.6 Å². The SMILES string of the molecule is CC1C=C([N+](=O)[O-])C=CC1COC(=O)N[C@H](C(=O)O)[C@@H](C)OCC1CCOCC1. The number of allylic oxidation sites excluding steroid dienone is 2. The van der Waals surface area contributed by atoms with Gasteiger partial charge in [-0.05, 0) is 37.7 Å². The third-order valence-electron chi connectivity index (χ3n) is 5.19. The number of ether oxygens (including phenoxy) is 3.